The second-order valence-electron chi connectivity index (χ2n) is 5.28. The number of aromatic nitrogens is 1. The van der Waals surface area contributed by atoms with Gasteiger partial charge in [0.15, 0.2) is 0 Å². The predicted molar refractivity (Wildman–Crippen MR) is 78.8 cm³/mol. The molecule has 1 aromatic heterocycles. The lowest BCUT2D eigenvalue weighted by molar-refractivity contribution is 0.0392. The molecule has 1 unspecified atom stereocenters. The number of carbonyl (C=O) groups is 1. The van der Waals surface area contributed by atoms with E-state index < -0.39 is 5.91 Å². The number of hydrogen-bond donors (Lipinski definition) is 1. The topological polar surface area (TPSA) is 68.5 Å². The first-order valence-corrected chi connectivity index (χ1v) is 7.19. The van der Waals surface area contributed by atoms with Crippen LogP contribution in [0.15, 0.2) is 18.3 Å². The fourth-order valence-electron chi connectivity index (χ4n) is 2.91. The predicted octanol–water partition coefficient (Wildman–Crippen LogP) is 1.82. The molecular weight excluding hydrogens is 254 g/mol. The highest BCUT2D eigenvalue weighted by Crippen LogP contribution is 2.26. The largest absolute Gasteiger partial charge is 0.381 e. The lowest BCUT2D eigenvalue weighted by Gasteiger charge is -2.35. The molecule has 1 fully saturated rings. The Labute approximate surface area is 120 Å². The van der Waals surface area contributed by atoms with Gasteiger partial charge in [-0.25, -0.2) is 4.98 Å². The van der Waals surface area contributed by atoms with Gasteiger partial charge in [-0.15, -0.1) is 0 Å². The number of piperidine rings is 1. The number of hydrogen-bond acceptors (Lipinski definition) is 4. The minimum Gasteiger partial charge on any atom is -0.381 e. The molecule has 5 heteroatoms. The summed E-state index contributed by atoms with van der Waals surface area (Å²) in [7, 11) is 1.80. The van der Waals surface area contributed by atoms with Gasteiger partial charge in [-0.2, -0.15) is 0 Å². The van der Waals surface area contributed by atoms with Crippen molar-refractivity contribution in [1.82, 2.24) is 4.98 Å². The molecule has 1 amide bonds. The number of anilines is 1. The van der Waals surface area contributed by atoms with Gasteiger partial charge < -0.3 is 15.4 Å². The highest BCUT2D eigenvalue weighted by molar-refractivity contribution is 5.92. The summed E-state index contributed by atoms with van der Waals surface area (Å²) in [5.41, 5.74) is 5.67. The van der Waals surface area contributed by atoms with E-state index in [-0.39, 0.29) is 0 Å². The lowest BCUT2D eigenvalue weighted by atomic mass is 9.90. The van der Waals surface area contributed by atoms with Gasteiger partial charge in [-0.3, -0.25) is 4.79 Å². The normalized spacial score (nSPS) is 18.0. The molecule has 5 nitrogen and oxygen atoms in total. The van der Waals surface area contributed by atoms with E-state index in [0.29, 0.717) is 17.6 Å². The first kappa shape index (κ1) is 14.8. The summed E-state index contributed by atoms with van der Waals surface area (Å²) in [6.45, 7) is 4.13. The second-order valence-corrected chi connectivity index (χ2v) is 5.28. The Morgan fingerprint density at radius 1 is 1.50 bits per heavy atom. The highest BCUT2D eigenvalue weighted by atomic mass is 16.5. The quantitative estimate of drug-likeness (QED) is 0.891. The van der Waals surface area contributed by atoms with Crippen LogP contribution in [0.2, 0.25) is 0 Å². The molecule has 0 radical (unpaired) electrons. The minimum atomic E-state index is -0.436. The van der Waals surface area contributed by atoms with E-state index in [4.69, 9.17) is 10.5 Å². The average molecular weight is 277 g/mol. The van der Waals surface area contributed by atoms with Crippen LogP contribution in [0, 0.1) is 5.92 Å². The number of pyridine rings is 1. The van der Waals surface area contributed by atoms with Gasteiger partial charge in [0.2, 0.25) is 5.91 Å². The summed E-state index contributed by atoms with van der Waals surface area (Å²) < 4.78 is 5.54. The lowest BCUT2D eigenvalue weighted by Crippen LogP contribution is -2.38. The summed E-state index contributed by atoms with van der Waals surface area (Å²) >= 11 is 0. The Hall–Kier alpha value is -1.62. The zero-order valence-electron chi connectivity index (χ0n) is 12.2. The van der Waals surface area contributed by atoms with Crippen molar-refractivity contribution in [3.05, 3.63) is 23.9 Å². The van der Waals surface area contributed by atoms with Gasteiger partial charge in [0, 0.05) is 26.4 Å². The number of carbonyl (C=O) groups excluding carboxylic acids is 1. The molecule has 2 N–H and O–H groups in total. The third-order valence-corrected chi connectivity index (χ3v) is 4.13. The number of methoxy groups -OCH3 is 1. The SMILES string of the molecule is CCC(OC)C1CCN(c2ccc(C(N)=O)cn2)CC1. The smallest absolute Gasteiger partial charge is 0.250 e. The van der Waals surface area contributed by atoms with E-state index in [1.54, 1.807) is 19.4 Å². The van der Waals surface area contributed by atoms with E-state index in [0.717, 1.165) is 38.2 Å². The van der Waals surface area contributed by atoms with Crippen LogP contribution >= 0.6 is 0 Å². The van der Waals surface area contributed by atoms with Crippen LogP contribution in [0.1, 0.15) is 36.5 Å². The molecule has 2 heterocycles. The van der Waals surface area contributed by atoms with Crippen molar-refractivity contribution in [2.75, 3.05) is 25.1 Å². The summed E-state index contributed by atoms with van der Waals surface area (Å²) in [6, 6.07) is 3.61. The average Bonchev–Trinajstić information content (AvgIpc) is 2.49. The van der Waals surface area contributed by atoms with Gasteiger partial charge in [0.25, 0.3) is 0 Å². The van der Waals surface area contributed by atoms with Crippen molar-refractivity contribution in [3.63, 3.8) is 0 Å². The molecule has 1 aliphatic heterocycles. The summed E-state index contributed by atoms with van der Waals surface area (Å²) in [6.07, 6.45) is 5.21. The number of ether oxygens (including phenoxy) is 1. The Balaban J connectivity index is 1.95. The molecule has 0 bridgehead atoms. The van der Waals surface area contributed by atoms with E-state index in [2.05, 4.69) is 16.8 Å². The Morgan fingerprint density at radius 2 is 2.20 bits per heavy atom. The molecule has 1 atom stereocenters. The molecule has 0 saturated carbocycles. The molecular formula is C15H23N3O2. The minimum absolute atomic E-state index is 0.363. The van der Waals surface area contributed by atoms with E-state index in [1.165, 1.54) is 0 Å². The standard InChI is InChI=1S/C15H23N3O2/c1-3-13(20-2)11-6-8-18(9-7-11)14-5-4-12(10-17-14)15(16)19/h4-5,10-11,13H,3,6-9H2,1-2H3,(H2,16,19). The maximum atomic E-state index is 11.0. The Morgan fingerprint density at radius 3 is 2.65 bits per heavy atom. The fourth-order valence-corrected chi connectivity index (χ4v) is 2.91. The molecule has 1 aromatic rings. The van der Waals surface area contributed by atoms with Gasteiger partial charge in [-0.1, -0.05) is 6.92 Å². The number of rotatable bonds is 5. The van der Waals surface area contributed by atoms with Crippen LogP contribution in [-0.4, -0.2) is 37.2 Å². The second kappa shape index (κ2) is 6.70. The highest BCUT2D eigenvalue weighted by Gasteiger charge is 2.25. The van der Waals surface area contributed by atoms with Crippen molar-refractivity contribution in [2.24, 2.45) is 11.7 Å². The zero-order chi connectivity index (χ0) is 14.5. The molecule has 0 aliphatic carbocycles. The van der Waals surface area contributed by atoms with Gasteiger partial charge in [0.1, 0.15) is 5.82 Å². The monoisotopic (exact) mass is 277 g/mol. The first-order valence-electron chi connectivity index (χ1n) is 7.19. The first-order chi connectivity index (χ1) is 9.65. The van der Waals surface area contributed by atoms with Crippen molar-refractivity contribution >= 4 is 11.7 Å². The molecule has 1 saturated heterocycles. The van der Waals surface area contributed by atoms with Crippen LogP contribution in [0.5, 0.6) is 0 Å². The van der Waals surface area contributed by atoms with Crippen molar-refractivity contribution in [2.45, 2.75) is 32.3 Å². The third kappa shape index (κ3) is 3.28. The number of nitrogens with two attached hydrogens (primary N) is 1. The number of amides is 1. The molecule has 1 aliphatic rings. The van der Waals surface area contributed by atoms with E-state index in [9.17, 15) is 4.79 Å². The fraction of sp³-hybridized carbons (Fsp3) is 0.600. The molecule has 0 aromatic carbocycles. The van der Waals surface area contributed by atoms with Crippen molar-refractivity contribution in [3.8, 4) is 0 Å². The number of primary amides is 1. The third-order valence-electron chi connectivity index (χ3n) is 4.13. The number of nitrogens with zero attached hydrogens (tertiary/aromatic N) is 2. The van der Waals surface area contributed by atoms with Gasteiger partial charge in [0.05, 0.1) is 11.7 Å². The zero-order valence-corrected chi connectivity index (χ0v) is 12.2. The van der Waals surface area contributed by atoms with Crippen molar-refractivity contribution < 1.29 is 9.53 Å². The van der Waals surface area contributed by atoms with E-state index >= 15 is 0 Å². The molecule has 2 rings (SSSR count). The van der Waals surface area contributed by atoms with Gasteiger partial charge >= 0.3 is 0 Å². The molecule has 0 spiro atoms. The van der Waals surface area contributed by atoms with Crippen molar-refractivity contribution in [1.29, 1.82) is 0 Å². The molecule has 110 valence electrons. The summed E-state index contributed by atoms with van der Waals surface area (Å²) in [4.78, 5) is 17.6. The molecule has 20 heavy (non-hydrogen) atoms. The summed E-state index contributed by atoms with van der Waals surface area (Å²) in [5.74, 6) is 1.11. The van der Waals surface area contributed by atoms with Crippen LogP contribution in [-0.2, 0) is 4.74 Å². The van der Waals surface area contributed by atoms with Crippen LogP contribution in [0.3, 0.4) is 0 Å². The van der Waals surface area contributed by atoms with Crippen LogP contribution < -0.4 is 10.6 Å². The van der Waals surface area contributed by atoms with Gasteiger partial charge in [-0.05, 0) is 37.3 Å². The summed E-state index contributed by atoms with van der Waals surface area (Å²) in [5, 5.41) is 0. The Bertz CT molecular complexity index is 435. The maximum Gasteiger partial charge on any atom is 0.250 e. The van der Waals surface area contributed by atoms with E-state index in [1.807, 2.05) is 6.07 Å². The maximum absolute atomic E-state index is 11.0. The van der Waals surface area contributed by atoms with Crippen LogP contribution in [0.25, 0.3) is 0 Å². The Kier molecular flexibility index (Phi) is 4.95. The van der Waals surface area contributed by atoms with Crippen LogP contribution in [0.4, 0.5) is 5.82 Å².